The second-order valence-corrected chi connectivity index (χ2v) is 5.26. The maximum Gasteiger partial charge on any atom is 0.230 e. The van der Waals surface area contributed by atoms with Crippen molar-refractivity contribution < 1.29 is 4.74 Å². The molecule has 0 aliphatic carbocycles. The lowest BCUT2D eigenvalue weighted by atomic mass is 10.0. The van der Waals surface area contributed by atoms with E-state index in [-0.39, 0.29) is 0 Å². The summed E-state index contributed by atoms with van der Waals surface area (Å²) in [4.78, 5) is 13.2. The van der Waals surface area contributed by atoms with Crippen molar-refractivity contribution in [3.8, 4) is 5.88 Å². The van der Waals surface area contributed by atoms with E-state index in [4.69, 9.17) is 9.72 Å². The number of hydrogen-bond acceptors (Lipinski definition) is 5. The van der Waals surface area contributed by atoms with Gasteiger partial charge < -0.3 is 10.1 Å². The normalized spacial score (nSPS) is 10.7. The molecule has 23 heavy (non-hydrogen) atoms. The summed E-state index contributed by atoms with van der Waals surface area (Å²) >= 11 is 0. The van der Waals surface area contributed by atoms with Crippen LogP contribution in [0.2, 0.25) is 0 Å². The van der Waals surface area contributed by atoms with Crippen LogP contribution in [0.4, 0.5) is 11.6 Å². The number of aromatic nitrogens is 3. The number of fused-ring (bicyclic) bond motifs is 1. The van der Waals surface area contributed by atoms with Crippen molar-refractivity contribution in [3.05, 3.63) is 47.8 Å². The highest BCUT2D eigenvalue weighted by molar-refractivity contribution is 5.86. The molecule has 0 saturated heterocycles. The van der Waals surface area contributed by atoms with Crippen molar-refractivity contribution in [1.82, 2.24) is 15.0 Å². The number of hydrogen-bond donors (Lipinski definition) is 1. The number of methoxy groups -OCH3 is 1. The zero-order valence-corrected chi connectivity index (χ0v) is 13.6. The molecular formula is C18H20N4O. The Kier molecular flexibility index (Phi) is 4.37. The van der Waals surface area contributed by atoms with E-state index in [0.717, 1.165) is 29.7 Å². The molecule has 0 unspecified atom stereocenters. The minimum atomic E-state index is 0.506. The predicted octanol–water partition coefficient (Wildman–Crippen LogP) is 3.90. The fraction of sp³-hybridized carbons (Fsp3) is 0.278. The Morgan fingerprint density at radius 3 is 2.65 bits per heavy atom. The molecule has 0 bridgehead atoms. The van der Waals surface area contributed by atoms with Gasteiger partial charge in [0.25, 0.3) is 0 Å². The van der Waals surface area contributed by atoms with Crippen molar-refractivity contribution in [1.29, 1.82) is 0 Å². The smallest absolute Gasteiger partial charge is 0.230 e. The minimum Gasteiger partial charge on any atom is -0.481 e. The largest absolute Gasteiger partial charge is 0.481 e. The molecule has 5 heteroatoms. The topological polar surface area (TPSA) is 59.9 Å². The van der Waals surface area contributed by atoms with Crippen LogP contribution in [0.5, 0.6) is 5.88 Å². The number of nitrogens with zero attached hydrogens (tertiary/aromatic N) is 3. The van der Waals surface area contributed by atoms with E-state index in [2.05, 4.69) is 41.3 Å². The predicted molar refractivity (Wildman–Crippen MR) is 92.4 cm³/mol. The number of aryl methyl sites for hydroxylation is 2. The molecule has 3 rings (SSSR count). The Hall–Kier alpha value is -2.69. The summed E-state index contributed by atoms with van der Waals surface area (Å²) < 4.78 is 5.12. The Morgan fingerprint density at radius 1 is 1.04 bits per heavy atom. The molecule has 0 aliphatic rings. The summed E-state index contributed by atoms with van der Waals surface area (Å²) in [5.41, 5.74) is 4.35. The summed E-state index contributed by atoms with van der Waals surface area (Å²) in [5, 5.41) is 4.40. The molecule has 118 valence electrons. The standard InChI is InChI=1S/C18H20N4O/c1-4-12-10-13(5-2)20-16-11-14(6-7-15(12)16)21-18-19-9-8-17(22-18)23-3/h6-11H,4-5H2,1-3H3,(H,19,21,22). The molecule has 3 aromatic rings. The molecule has 1 N–H and O–H groups in total. The first-order chi connectivity index (χ1) is 11.2. The fourth-order valence-electron chi connectivity index (χ4n) is 2.56. The van der Waals surface area contributed by atoms with Gasteiger partial charge in [-0.05, 0) is 36.6 Å². The van der Waals surface area contributed by atoms with Crippen LogP contribution in [0.3, 0.4) is 0 Å². The zero-order valence-electron chi connectivity index (χ0n) is 13.6. The van der Waals surface area contributed by atoms with Crippen molar-refractivity contribution in [2.75, 3.05) is 12.4 Å². The number of rotatable bonds is 5. The Morgan fingerprint density at radius 2 is 1.91 bits per heavy atom. The summed E-state index contributed by atoms with van der Waals surface area (Å²) in [6.07, 6.45) is 3.59. The summed E-state index contributed by atoms with van der Waals surface area (Å²) in [6.45, 7) is 4.30. The Bertz CT molecular complexity index is 832. The number of pyridine rings is 1. The molecule has 0 amide bonds. The van der Waals surface area contributed by atoms with Gasteiger partial charge in [0.2, 0.25) is 11.8 Å². The maximum atomic E-state index is 5.12. The minimum absolute atomic E-state index is 0.506. The van der Waals surface area contributed by atoms with Gasteiger partial charge in [-0.25, -0.2) is 4.98 Å². The summed E-state index contributed by atoms with van der Waals surface area (Å²) in [5.74, 6) is 1.04. The number of anilines is 2. The van der Waals surface area contributed by atoms with E-state index in [0.29, 0.717) is 11.8 Å². The van der Waals surface area contributed by atoms with Gasteiger partial charge in [0.1, 0.15) is 0 Å². The second-order valence-electron chi connectivity index (χ2n) is 5.26. The van der Waals surface area contributed by atoms with Gasteiger partial charge in [-0.15, -0.1) is 0 Å². The van der Waals surface area contributed by atoms with Crippen molar-refractivity contribution >= 4 is 22.5 Å². The van der Waals surface area contributed by atoms with Crippen LogP contribution in [0.25, 0.3) is 10.9 Å². The number of benzene rings is 1. The van der Waals surface area contributed by atoms with Crippen LogP contribution in [0.15, 0.2) is 36.5 Å². The monoisotopic (exact) mass is 308 g/mol. The van der Waals surface area contributed by atoms with Gasteiger partial charge in [0, 0.05) is 29.0 Å². The quantitative estimate of drug-likeness (QED) is 0.774. The molecule has 5 nitrogen and oxygen atoms in total. The van der Waals surface area contributed by atoms with Gasteiger partial charge >= 0.3 is 0 Å². The van der Waals surface area contributed by atoms with Gasteiger partial charge in [-0.2, -0.15) is 4.98 Å². The molecule has 0 saturated carbocycles. The number of nitrogens with one attached hydrogen (secondary N) is 1. The van der Waals surface area contributed by atoms with E-state index < -0.39 is 0 Å². The fourth-order valence-corrected chi connectivity index (χ4v) is 2.56. The lowest BCUT2D eigenvalue weighted by Gasteiger charge is -2.10. The first kappa shape index (κ1) is 15.2. The third-order valence-electron chi connectivity index (χ3n) is 3.79. The van der Waals surface area contributed by atoms with E-state index in [9.17, 15) is 0 Å². The molecule has 0 fully saturated rings. The van der Waals surface area contributed by atoms with E-state index >= 15 is 0 Å². The molecule has 2 aromatic heterocycles. The lowest BCUT2D eigenvalue weighted by Crippen LogP contribution is -1.99. The first-order valence-corrected chi connectivity index (χ1v) is 7.80. The number of ether oxygens (including phenoxy) is 1. The van der Waals surface area contributed by atoms with Gasteiger partial charge in [-0.3, -0.25) is 4.98 Å². The molecule has 0 spiro atoms. The Balaban J connectivity index is 1.98. The molecular weight excluding hydrogens is 288 g/mol. The highest BCUT2D eigenvalue weighted by Gasteiger charge is 2.06. The highest BCUT2D eigenvalue weighted by Crippen LogP contribution is 2.24. The Labute approximate surface area is 135 Å². The van der Waals surface area contributed by atoms with Gasteiger partial charge in [-0.1, -0.05) is 19.9 Å². The molecule has 0 radical (unpaired) electrons. The molecule has 0 atom stereocenters. The van der Waals surface area contributed by atoms with Crippen LogP contribution in [-0.2, 0) is 12.8 Å². The van der Waals surface area contributed by atoms with E-state index in [1.807, 2.05) is 12.1 Å². The third-order valence-corrected chi connectivity index (χ3v) is 3.79. The molecule has 1 aromatic carbocycles. The van der Waals surface area contributed by atoms with Gasteiger partial charge in [0.05, 0.1) is 12.6 Å². The second kappa shape index (κ2) is 6.60. The van der Waals surface area contributed by atoms with Crippen molar-refractivity contribution in [2.24, 2.45) is 0 Å². The van der Waals surface area contributed by atoms with E-state index in [1.54, 1.807) is 19.4 Å². The highest BCUT2D eigenvalue weighted by atomic mass is 16.5. The average molecular weight is 308 g/mol. The van der Waals surface area contributed by atoms with Crippen molar-refractivity contribution in [3.63, 3.8) is 0 Å². The molecule has 2 heterocycles. The zero-order chi connectivity index (χ0) is 16.2. The maximum absolute atomic E-state index is 5.12. The summed E-state index contributed by atoms with van der Waals surface area (Å²) in [7, 11) is 1.59. The lowest BCUT2D eigenvalue weighted by molar-refractivity contribution is 0.397. The van der Waals surface area contributed by atoms with E-state index in [1.165, 1.54) is 10.9 Å². The average Bonchev–Trinajstić information content (AvgIpc) is 2.60. The van der Waals surface area contributed by atoms with Crippen LogP contribution in [0.1, 0.15) is 25.1 Å². The van der Waals surface area contributed by atoms with Crippen LogP contribution >= 0.6 is 0 Å². The SMILES string of the molecule is CCc1cc(CC)c2ccc(Nc3nccc(OC)n3)cc2n1. The molecule has 0 aliphatic heterocycles. The summed E-state index contributed by atoms with van der Waals surface area (Å²) in [6, 6.07) is 10.1. The van der Waals surface area contributed by atoms with Crippen LogP contribution in [0, 0.1) is 0 Å². The van der Waals surface area contributed by atoms with Crippen LogP contribution < -0.4 is 10.1 Å². The van der Waals surface area contributed by atoms with Gasteiger partial charge in [0.15, 0.2) is 0 Å². The first-order valence-electron chi connectivity index (χ1n) is 7.80. The van der Waals surface area contributed by atoms with Crippen molar-refractivity contribution in [2.45, 2.75) is 26.7 Å². The third kappa shape index (κ3) is 3.23. The van der Waals surface area contributed by atoms with Crippen LogP contribution in [-0.4, -0.2) is 22.1 Å².